The molecule has 0 fully saturated rings. The summed E-state index contributed by atoms with van der Waals surface area (Å²) >= 11 is 5.69. The molecule has 0 saturated carbocycles. The molecule has 1 amide bonds. The summed E-state index contributed by atoms with van der Waals surface area (Å²) in [4.78, 5) is 12.1. The van der Waals surface area contributed by atoms with E-state index in [0.29, 0.717) is 11.4 Å². The van der Waals surface area contributed by atoms with E-state index in [-0.39, 0.29) is 5.91 Å². The van der Waals surface area contributed by atoms with Crippen LogP contribution in [0.15, 0.2) is 24.3 Å². The molecule has 1 aromatic carbocycles. The molecule has 0 aromatic heterocycles. The molecule has 2 N–H and O–H groups in total. The Labute approximate surface area is 113 Å². The van der Waals surface area contributed by atoms with Gasteiger partial charge in [0.15, 0.2) is 0 Å². The third-order valence-corrected chi connectivity index (χ3v) is 3.63. The second-order valence-electron chi connectivity index (χ2n) is 5.47. The first-order valence-electron chi connectivity index (χ1n) is 5.87. The molecule has 0 aliphatic carbocycles. The van der Waals surface area contributed by atoms with Crippen molar-refractivity contribution < 1.29 is 9.90 Å². The minimum absolute atomic E-state index is 0.205. The molecule has 0 aliphatic rings. The number of hydrogen-bond acceptors (Lipinski definition) is 2. The molecule has 100 valence electrons. The third kappa shape index (κ3) is 3.47. The molecule has 0 spiro atoms. The maximum Gasteiger partial charge on any atom is 0.251 e. The van der Waals surface area contributed by atoms with Gasteiger partial charge in [-0.1, -0.05) is 12.1 Å². The molecule has 18 heavy (non-hydrogen) atoms. The van der Waals surface area contributed by atoms with E-state index in [1.807, 2.05) is 12.1 Å². The van der Waals surface area contributed by atoms with Crippen molar-refractivity contribution in [1.82, 2.24) is 5.32 Å². The Bertz CT molecular complexity index is 418. The maximum absolute atomic E-state index is 12.1. The Morgan fingerprint density at radius 2 is 1.72 bits per heavy atom. The lowest BCUT2D eigenvalue weighted by molar-refractivity contribution is -0.00292. The van der Waals surface area contributed by atoms with E-state index in [1.165, 1.54) is 0 Å². The lowest BCUT2D eigenvalue weighted by Gasteiger charge is -2.38. The van der Waals surface area contributed by atoms with E-state index in [2.05, 4.69) is 5.32 Å². The number of carbonyl (C=O) groups is 1. The van der Waals surface area contributed by atoms with E-state index >= 15 is 0 Å². The standard InChI is InChI=1S/C14H20ClNO2/c1-13(2,14(3,4)18)16-12(17)11-7-5-10(9-15)6-8-11/h5-8,18H,9H2,1-4H3,(H,16,17). The number of alkyl halides is 1. The first-order chi connectivity index (χ1) is 8.17. The van der Waals surface area contributed by atoms with E-state index < -0.39 is 11.1 Å². The number of benzene rings is 1. The molecule has 0 aliphatic heterocycles. The van der Waals surface area contributed by atoms with Crippen LogP contribution in [0.5, 0.6) is 0 Å². The summed E-state index contributed by atoms with van der Waals surface area (Å²) in [6.07, 6.45) is 0. The van der Waals surface area contributed by atoms with Crippen molar-refractivity contribution in [3.63, 3.8) is 0 Å². The van der Waals surface area contributed by atoms with Gasteiger partial charge in [-0.25, -0.2) is 0 Å². The van der Waals surface area contributed by atoms with Gasteiger partial charge in [-0.05, 0) is 45.4 Å². The molecule has 0 bridgehead atoms. The van der Waals surface area contributed by atoms with Crippen molar-refractivity contribution in [2.75, 3.05) is 0 Å². The smallest absolute Gasteiger partial charge is 0.251 e. The number of nitrogens with one attached hydrogen (secondary N) is 1. The lowest BCUT2D eigenvalue weighted by atomic mass is 9.85. The highest BCUT2D eigenvalue weighted by molar-refractivity contribution is 6.17. The molecular weight excluding hydrogens is 250 g/mol. The second kappa shape index (κ2) is 5.29. The predicted molar refractivity (Wildman–Crippen MR) is 73.8 cm³/mol. The lowest BCUT2D eigenvalue weighted by Crippen LogP contribution is -2.57. The van der Waals surface area contributed by atoms with Gasteiger partial charge in [0, 0.05) is 11.4 Å². The van der Waals surface area contributed by atoms with E-state index in [4.69, 9.17) is 11.6 Å². The van der Waals surface area contributed by atoms with Crippen LogP contribution in [0.4, 0.5) is 0 Å². The average molecular weight is 270 g/mol. The van der Waals surface area contributed by atoms with E-state index in [0.717, 1.165) is 5.56 Å². The summed E-state index contributed by atoms with van der Waals surface area (Å²) in [5.74, 6) is 0.222. The van der Waals surface area contributed by atoms with Gasteiger partial charge >= 0.3 is 0 Å². The summed E-state index contributed by atoms with van der Waals surface area (Å²) in [5.41, 5.74) is -0.190. The van der Waals surface area contributed by atoms with Crippen molar-refractivity contribution >= 4 is 17.5 Å². The molecule has 0 heterocycles. The second-order valence-corrected chi connectivity index (χ2v) is 5.74. The van der Waals surface area contributed by atoms with Gasteiger partial charge < -0.3 is 10.4 Å². The summed E-state index contributed by atoms with van der Waals surface area (Å²) in [6, 6.07) is 7.10. The van der Waals surface area contributed by atoms with Gasteiger partial charge in [-0.15, -0.1) is 11.6 Å². The van der Waals surface area contributed by atoms with Crippen LogP contribution < -0.4 is 5.32 Å². The topological polar surface area (TPSA) is 49.3 Å². The molecule has 4 heteroatoms. The van der Waals surface area contributed by atoms with Crippen LogP contribution >= 0.6 is 11.6 Å². The summed E-state index contributed by atoms with van der Waals surface area (Å²) in [7, 11) is 0. The predicted octanol–water partition coefficient (Wildman–Crippen LogP) is 2.70. The largest absolute Gasteiger partial charge is 0.388 e. The van der Waals surface area contributed by atoms with Gasteiger partial charge in [-0.3, -0.25) is 4.79 Å². The molecule has 0 saturated heterocycles. The monoisotopic (exact) mass is 269 g/mol. The minimum Gasteiger partial charge on any atom is -0.388 e. The number of aliphatic hydroxyl groups is 1. The van der Waals surface area contributed by atoms with Gasteiger partial charge in [0.25, 0.3) is 5.91 Å². The Morgan fingerprint density at radius 3 is 2.11 bits per heavy atom. The molecule has 0 radical (unpaired) electrons. The zero-order valence-corrected chi connectivity index (χ0v) is 12.0. The molecule has 3 nitrogen and oxygen atoms in total. The van der Waals surface area contributed by atoms with Gasteiger partial charge in [0.1, 0.15) is 0 Å². The molecule has 1 rings (SSSR count). The quantitative estimate of drug-likeness (QED) is 0.826. The fourth-order valence-electron chi connectivity index (χ4n) is 1.25. The summed E-state index contributed by atoms with van der Waals surface area (Å²) in [6.45, 7) is 6.92. The number of halogens is 1. The van der Waals surface area contributed by atoms with Crippen LogP contribution in [-0.2, 0) is 5.88 Å². The van der Waals surface area contributed by atoms with Crippen LogP contribution in [0.25, 0.3) is 0 Å². The molecule has 1 aromatic rings. The average Bonchev–Trinajstić information content (AvgIpc) is 2.27. The highest BCUT2D eigenvalue weighted by atomic mass is 35.5. The van der Waals surface area contributed by atoms with Crippen molar-refractivity contribution in [3.8, 4) is 0 Å². The van der Waals surface area contributed by atoms with Crippen LogP contribution in [0.2, 0.25) is 0 Å². The normalized spacial score (nSPS) is 12.3. The Kier molecular flexibility index (Phi) is 4.41. The number of carbonyl (C=O) groups excluding carboxylic acids is 1. The number of rotatable bonds is 4. The number of hydrogen-bond donors (Lipinski definition) is 2. The van der Waals surface area contributed by atoms with Crippen LogP contribution in [-0.4, -0.2) is 22.2 Å². The van der Waals surface area contributed by atoms with Crippen molar-refractivity contribution in [2.24, 2.45) is 0 Å². The Balaban J connectivity index is 2.82. The molecule has 0 unspecified atom stereocenters. The van der Waals surface area contributed by atoms with Crippen LogP contribution in [0, 0.1) is 0 Å². The summed E-state index contributed by atoms with van der Waals surface area (Å²) < 4.78 is 0. The molecular formula is C14H20ClNO2. The van der Waals surface area contributed by atoms with Gasteiger partial charge in [-0.2, -0.15) is 0 Å². The van der Waals surface area contributed by atoms with E-state index in [1.54, 1.807) is 39.8 Å². The van der Waals surface area contributed by atoms with Gasteiger partial charge in [0.2, 0.25) is 0 Å². The zero-order valence-electron chi connectivity index (χ0n) is 11.2. The van der Waals surface area contributed by atoms with Crippen molar-refractivity contribution in [3.05, 3.63) is 35.4 Å². The zero-order chi connectivity index (χ0) is 14.0. The SMILES string of the molecule is CC(C)(O)C(C)(C)NC(=O)c1ccc(CCl)cc1. The highest BCUT2D eigenvalue weighted by Crippen LogP contribution is 2.21. The summed E-state index contributed by atoms with van der Waals surface area (Å²) in [5, 5.41) is 12.8. The van der Waals surface area contributed by atoms with E-state index in [9.17, 15) is 9.90 Å². The van der Waals surface area contributed by atoms with Crippen LogP contribution in [0.1, 0.15) is 43.6 Å². The fourth-order valence-corrected chi connectivity index (χ4v) is 1.43. The third-order valence-electron chi connectivity index (χ3n) is 3.33. The molecule has 0 atom stereocenters. The maximum atomic E-state index is 12.1. The van der Waals surface area contributed by atoms with Gasteiger partial charge in [0.05, 0.1) is 11.1 Å². The Morgan fingerprint density at radius 1 is 1.22 bits per heavy atom. The fraction of sp³-hybridized carbons (Fsp3) is 0.500. The Hall–Kier alpha value is -1.06. The first-order valence-corrected chi connectivity index (χ1v) is 6.40. The van der Waals surface area contributed by atoms with Crippen molar-refractivity contribution in [2.45, 2.75) is 44.7 Å². The highest BCUT2D eigenvalue weighted by Gasteiger charge is 2.36. The first kappa shape index (κ1) is 15.0. The minimum atomic E-state index is -1.00. The van der Waals surface area contributed by atoms with Crippen LogP contribution in [0.3, 0.4) is 0 Å². The van der Waals surface area contributed by atoms with Crippen molar-refractivity contribution in [1.29, 1.82) is 0 Å². The number of amides is 1.